The van der Waals surface area contributed by atoms with Gasteiger partial charge in [0.1, 0.15) is 0 Å². The number of thioether (sulfide) groups is 1. The lowest BCUT2D eigenvalue weighted by Gasteiger charge is -2.12. The molecule has 0 unspecified atom stereocenters. The van der Waals surface area contributed by atoms with Gasteiger partial charge in [-0.1, -0.05) is 6.07 Å². The van der Waals surface area contributed by atoms with Crippen molar-refractivity contribution >= 4 is 28.9 Å². The van der Waals surface area contributed by atoms with E-state index in [1.165, 1.54) is 17.8 Å². The molecule has 0 atom stereocenters. The molecule has 0 N–H and O–H groups in total. The van der Waals surface area contributed by atoms with E-state index in [0.717, 1.165) is 12.1 Å². The van der Waals surface area contributed by atoms with Gasteiger partial charge in [0.05, 0.1) is 10.5 Å². The van der Waals surface area contributed by atoms with E-state index in [4.69, 9.17) is 0 Å². The number of hydrogen-bond acceptors (Lipinski definition) is 3. The lowest BCUT2D eigenvalue weighted by Crippen LogP contribution is -2.28. The molecule has 0 spiro atoms. The Morgan fingerprint density at radius 2 is 1.96 bits per heavy atom. The van der Waals surface area contributed by atoms with Crippen molar-refractivity contribution in [2.75, 3.05) is 13.1 Å². The van der Waals surface area contributed by atoms with Crippen molar-refractivity contribution in [1.29, 1.82) is 0 Å². The Balaban J connectivity index is 1.98. The third kappa shape index (κ3) is 3.95. The third-order valence-electron chi connectivity index (χ3n) is 4.01. The minimum absolute atomic E-state index is 0.147. The second kappa shape index (κ2) is 7.64. The molecule has 0 radical (unpaired) electrons. The Kier molecular flexibility index (Phi) is 5.46. The van der Waals surface area contributed by atoms with E-state index >= 15 is 0 Å². The molecule has 1 aliphatic rings. The van der Waals surface area contributed by atoms with Gasteiger partial charge in [-0.25, -0.2) is 0 Å². The van der Waals surface area contributed by atoms with Gasteiger partial charge >= 0.3 is 6.18 Å². The highest BCUT2D eigenvalue weighted by Gasteiger charge is 2.32. The smallest absolute Gasteiger partial charge is 0.317 e. The number of carbonyl (C=O) groups is 1. The molecule has 2 heterocycles. The number of amidine groups is 1. The quantitative estimate of drug-likeness (QED) is 0.700. The van der Waals surface area contributed by atoms with Crippen LogP contribution in [-0.4, -0.2) is 33.6 Å². The van der Waals surface area contributed by atoms with Crippen molar-refractivity contribution in [3.8, 4) is 5.69 Å². The molecule has 1 aromatic heterocycles. The third-order valence-corrected chi connectivity index (χ3v) is 5.05. The number of aromatic nitrogens is 1. The molecule has 0 aliphatic carbocycles. The lowest BCUT2D eigenvalue weighted by molar-refractivity contribution is -0.137. The number of hydrogen-bond donors (Lipinski definition) is 0. The molecule has 4 nitrogen and oxygen atoms in total. The summed E-state index contributed by atoms with van der Waals surface area (Å²) in [4.78, 5) is 19.0. The number of alkyl halides is 3. The normalized spacial score (nSPS) is 18.1. The predicted octanol–water partition coefficient (Wildman–Crippen LogP) is 4.81. The zero-order chi connectivity index (χ0) is 19.6. The van der Waals surface area contributed by atoms with Gasteiger partial charge in [0, 0.05) is 30.7 Å². The maximum atomic E-state index is 13.0. The zero-order valence-corrected chi connectivity index (χ0v) is 15.6. The van der Waals surface area contributed by atoms with Gasteiger partial charge in [-0.05, 0) is 62.0 Å². The fourth-order valence-corrected chi connectivity index (χ4v) is 3.84. The van der Waals surface area contributed by atoms with Crippen LogP contribution >= 0.6 is 11.8 Å². The summed E-state index contributed by atoms with van der Waals surface area (Å²) in [6, 6.07) is 8.59. The molecule has 2 aromatic rings. The standard InChI is InChI=1S/C19H18F3N3OS/c1-3-23-18-24(4-2)17(26)16(27-18)12-15-9-6-10-25(15)14-8-5-7-13(11-14)19(20,21)22/h5-12H,3-4H2,1-2H3/b16-12-,23-18?. The largest absolute Gasteiger partial charge is 0.416 e. The molecule has 1 amide bonds. The number of nitrogens with zero attached hydrogens (tertiary/aromatic N) is 3. The van der Waals surface area contributed by atoms with Crippen LogP contribution in [0.5, 0.6) is 0 Å². The summed E-state index contributed by atoms with van der Waals surface area (Å²) in [5, 5.41) is 0.647. The van der Waals surface area contributed by atoms with E-state index in [2.05, 4.69) is 4.99 Å². The first-order valence-electron chi connectivity index (χ1n) is 8.46. The van der Waals surface area contributed by atoms with Gasteiger partial charge in [-0.15, -0.1) is 0 Å². The number of aliphatic imine (C=N–C) groups is 1. The molecule has 3 rings (SSSR count). The van der Waals surface area contributed by atoms with Crippen molar-refractivity contribution in [3.63, 3.8) is 0 Å². The number of halogens is 3. The number of carbonyl (C=O) groups excluding carboxylic acids is 1. The maximum absolute atomic E-state index is 13.0. The Bertz CT molecular complexity index is 915. The van der Waals surface area contributed by atoms with Crippen LogP contribution in [0.15, 0.2) is 52.5 Å². The molecule has 1 fully saturated rings. The molecule has 27 heavy (non-hydrogen) atoms. The van der Waals surface area contributed by atoms with Crippen LogP contribution in [0.1, 0.15) is 25.1 Å². The first-order valence-corrected chi connectivity index (χ1v) is 9.27. The topological polar surface area (TPSA) is 37.6 Å². The average Bonchev–Trinajstić information content (AvgIpc) is 3.20. The molecular weight excluding hydrogens is 375 g/mol. The minimum atomic E-state index is -4.41. The number of likely N-dealkylation sites (N-methyl/N-ethyl adjacent to an activating group) is 1. The molecule has 1 aliphatic heterocycles. The molecule has 142 valence electrons. The highest BCUT2D eigenvalue weighted by molar-refractivity contribution is 8.18. The average molecular weight is 393 g/mol. The monoisotopic (exact) mass is 393 g/mol. The Morgan fingerprint density at radius 1 is 1.19 bits per heavy atom. The summed E-state index contributed by atoms with van der Waals surface area (Å²) in [6.45, 7) is 4.85. The van der Waals surface area contributed by atoms with Crippen LogP contribution in [-0.2, 0) is 11.0 Å². The van der Waals surface area contributed by atoms with E-state index in [1.54, 1.807) is 39.9 Å². The van der Waals surface area contributed by atoms with E-state index in [9.17, 15) is 18.0 Å². The maximum Gasteiger partial charge on any atom is 0.416 e. The fourth-order valence-electron chi connectivity index (χ4n) is 2.75. The molecule has 1 aromatic carbocycles. The van der Waals surface area contributed by atoms with Crippen LogP contribution in [0.3, 0.4) is 0 Å². The van der Waals surface area contributed by atoms with Crippen molar-refractivity contribution in [2.45, 2.75) is 20.0 Å². The summed E-state index contributed by atoms with van der Waals surface area (Å²) in [6.07, 6.45) is -1.05. The van der Waals surface area contributed by atoms with Crippen molar-refractivity contribution in [2.24, 2.45) is 4.99 Å². The lowest BCUT2D eigenvalue weighted by atomic mass is 10.2. The van der Waals surface area contributed by atoms with Gasteiger partial charge in [0.25, 0.3) is 5.91 Å². The molecule has 8 heteroatoms. The SMILES string of the molecule is CCN=C1S/C(=C\c2cccn2-c2cccc(C(F)(F)F)c2)C(=O)N1CC. The molecule has 1 saturated heterocycles. The first kappa shape index (κ1) is 19.3. The second-order valence-electron chi connectivity index (χ2n) is 5.77. The summed E-state index contributed by atoms with van der Waals surface area (Å²) < 4.78 is 40.6. The molecule has 0 saturated carbocycles. The molecule has 0 bridgehead atoms. The highest BCUT2D eigenvalue weighted by atomic mass is 32.2. The summed E-state index contributed by atoms with van der Waals surface area (Å²) in [5.74, 6) is -0.147. The Morgan fingerprint density at radius 3 is 2.63 bits per heavy atom. The van der Waals surface area contributed by atoms with Crippen LogP contribution in [0.25, 0.3) is 11.8 Å². The number of rotatable bonds is 4. The van der Waals surface area contributed by atoms with Crippen LogP contribution in [0.4, 0.5) is 13.2 Å². The van der Waals surface area contributed by atoms with E-state index in [1.807, 2.05) is 13.8 Å². The van der Waals surface area contributed by atoms with E-state index in [-0.39, 0.29) is 5.91 Å². The van der Waals surface area contributed by atoms with Crippen LogP contribution in [0, 0.1) is 0 Å². The predicted molar refractivity (Wildman–Crippen MR) is 102 cm³/mol. The first-order chi connectivity index (χ1) is 12.8. The van der Waals surface area contributed by atoms with Gasteiger partial charge in [-0.3, -0.25) is 14.7 Å². The minimum Gasteiger partial charge on any atom is -0.317 e. The zero-order valence-electron chi connectivity index (χ0n) is 14.8. The van der Waals surface area contributed by atoms with Crippen molar-refractivity contribution in [1.82, 2.24) is 9.47 Å². The van der Waals surface area contributed by atoms with Crippen molar-refractivity contribution < 1.29 is 18.0 Å². The summed E-state index contributed by atoms with van der Waals surface area (Å²) >= 11 is 1.28. The van der Waals surface area contributed by atoms with E-state index in [0.29, 0.717) is 34.5 Å². The van der Waals surface area contributed by atoms with Gasteiger partial charge in [0.15, 0.2) is 5.17 Å². The number of benzene rings is 1. The van der Waals surface area contributed by atoms with Gasteiger partial charge in [0.2, 0.25) is 0 Å². The molecular formula is C19H18F3N3OS. The Hall–Kier alpha value is -2.48. The van der Waals surface area contributed by atoms with Crippen molar-refractivity contribution in [3.05, 3.63) is 58.8 Å². The fraction of sp³-hybridized carbons (Fsp3) is 0.263. The number of amides is 1. The highest BCUT2D eigenvalue weighted by Crippen LogP contribution is 2.34. The summed E-state index contributed by atoms with van der Waals surface area (Å²) in [7, 11) is 0. The van der Waals surface area contributed by atoms with E-state index < -0.39 is 11.7 Å². The van der Waals surface area contributed by atoms with Gasteiger partial charge < -0.3 is 4.57 Å². The second-order valence-corrected chi connectivity index (χ2v) is 6.78. The van der Waals surface area contributed by atoms with Crippen LogP contribution in [0.2, 0.25) is 0 Å². The Labute approximate surface area is 159 Å². The van der Waals surface area contributed by atoms with Crippen LogP contribution < -0.4 is 0 Å². The summed E-state index contributed by atoms with van der Waals surface area (Å²) in [5.41, 5.74) is 0.291. The van der Waals surface area contributed by atoms with Gasteiger partial charge in [-0.2, -0.15) is 13.2 Å².